The molecule has 0 N–H and O–H groups in total. The largest absolute Gasteiger partial charge is 0.375 e. The van der Waals surface area contributed by atoms with Crippen molar-refractivity contribution in [1.82, 2.24) is 4.90 Å². The van der Waals surface area contributed by atoms with Crippen LogP contribution in [0, 0.1) is 0 Å². The second kappa shape index (κ2) is 7.49. The zero-order chi connectivity index (χ0) is 14.4. The molecule has 2 unspecified atom stereocenters. The first-order chi connectivity index (χ1) is 9.72. The first-order valence-corrected chi connectivity index (χ1v) is 6.57. The lowest BCUT2D eigenvalue weighted by Gasteiger charge is -2.17. The third-order valence-corrected chi connectivity index (χ3v) is 3.07. The number of fused-ring (bicyclic) bond motifs is 1. The first-order valence-electron chi connectivity index (χ1n) is 6.57. The number of likely N-dealkylation sites (N-methyl/N-ethyl adjacent to an activating group) is 1. The highest BCUT2D eigenvalue weighted by molar-refractivity contribution is 6.07. The van der Waals surface area contributed by atoms with E-state index in [0.29, 0.717) is 26.4 Å². The Bertz CT molecular complexity index is 349. The monoisotopic (exact) mass is 285 g/mol. The van der Waals surface area contributed by atoms with Crippen LogP contribution in [0.5, 0.6) is 0 Å². The van der Waals surface area contributed by atoms with Crippen molar-refractivity contribution in [3.05, 3.63) is 12.2 Å². The van der Waals surface area contributed by atoms with Gasteiger partial charge in [0.1, 0.15) is 0 Å². The van der Waals surface area contributed by atoms with Crippen LogP contribution in [0.3, 0.4) is 0 Å². The summed E-state index contributed by atoms with van der Waals surface area (Å²) in [5.41, 5.74) is 0. The molecule has 2 aliphatic heterocycles. The number of carbonyl (C=O) groups is 2. The van der Waals surface area contributed by atoms with Gasteiger partial charge in [0, 0.05) is 7.05 Å². The highest BCUT2D eigenvalue weighted by atomic mass is 16.6. The average Bonchev–Trinajstić information content (AvgIpc) is 2.65. The van der Waals surface area contributed by atoms with Gasteiger partial charge < -0.3 is 18.9 Å². The number of rotatable bonds is 0. The van der Waals surface area contributed by atoms with Crippen LogP contribution in [0.15, 0.2) is 12.2 Å². The molecule has 2 heterocycles. The van der Waals surface area contributed by atoms with Gasteiger partial charge in [-0.2, -0.15) is 0 Å². The van der Waals surface area contributed by atoms with Crippen LogP contribution in [0.2, 0.25) is 0 Å². The maximum Gasteiger partial charge on any atom is 0.261 e. The molecule has 0 saturated carbocycles. The first kappa shape index (κ1) is 15.1. The highest BCUT2D eigenvalue weighted by Gasteiger charge is 2.47. The van der Waals surface area contributed by atoms with Gasteiger partial charge in [-0.3, -0.25) is 14.5 Å². The standard InChI is InChI=1S/C13H19NO6/c1-14-12(15)10-11(13(14)16)20-9-7-18-5-3-2-4-17-6-8-19-10/h2-3,10-11H,4-9H2,1H3/b3-2-. The van der Waals surface area contributed by atoms with E-state index in [4.69, 9.17) is 18.9 Å². The third-order valence-electron chi connectivity index (χ3n) is 3.07. The van der Waals surface area contributed by atoms with Crippen molar-refractivity contribution in [3.8, 4) is 0 Å². The van der Waals surface area contributed by atoms with Crippen LogP contribution < -0.4 is 0 Å². The Morgan fingerprint density at radius 3 is 1.80 bits per heavy atom. The fourth-order valence-electron chi connectivity index (χ4n) is 1.97. The fourth-order valence-corrected chi connectivity index (χ4v) is 1.97. The smallest absolute Gasteiger partial charge is 0.261 e. The van der Waals surface area contributed by atoms with Crippen molar-refractivity contribution in [2.45, 2.75) is 12.2 Å². The van der Waals surface area contributed by atoms with Crippen LogP contribution in [0.4, 0.5) is 0 Å². The fraction of sp³-hybridized carbons (Fsp3) is 0.692. The molecule has 1 saturated heterocycles. The van der Waals surface area contributed by atoms with Gasteiger partial charge in [-0.15, -0.1) is 0 Å². The normalized spacial score (nSPS) is 31.8. The number of imide groups is 1. The van der Waals surface area contributed by atoms with Gasteiger partial charge in [0.2, 0.25) is 0 Å². The number of amides is 2. The van der Waals surface area contributed by atoms with E-state index in [-0.39, 0.29) is 25.0 Å². The molecule has 7 nitrogen and oxygen atoms in total. The van der Waals surface area contributed by atoms with Gasteiger partial charge in [-0.25, -0.2) is 0 Å². The zero-order valence-electron chi connectivity index (χ0n) is 11.4. The number of hydrogen-bond acceptors (Lipinski definition) is 6. The Hall–Kier alpha value is -1.28. The number of nitrogens with zero attached hydrogens (tertiary/aromatic N) is 1. The Kier molecular flexibility index (Phi) is 5.66. The molecular formula is C13H19NO6. The van der Waals surface area contributed by atoms with Crippen LogP contribution >= 0.6 is 0 Å². The maximum absolute atomic E-state index is 11.9. The van der Waals surface area contributed by atoms with Gasteiger partial charge in [0.25, 0.3) is 11.8 Å². The lowest BCUT2D eigenvalue weighted by atomic mass is 10.2. The second-order valence-corrected chi connectivity index (χ2v) is 4.44. The molecule has 2 atom stereocenters. The van der Waals surface area contributed by atoms with E-state index in [0.717, 1.165) is 4.90 Å². The minimum Gasteiger partial charge on any atom is -0.375 e. The molecule has 0 spiro atoms. The van der Waals surface area contributed by atoms with Crippen molar-refractivity contribution < 1.29 is 28.5 Å². The SMILES string of the molecule is CN1C(=O)C2OCCOC/C=C\COCCOC2C1=O. The van der Waals surface area contributed by atoms with Gasteiger partial charge in [-0.1, -0.05) is 12.2 Å². The summed E-state index contributed by atoms with van der Waals surface area (Å²) in [6, 6.07) is 0. The Morgan fingerprint density at radius 2 is 1.35 bits per heavy atom. The number of hydrogen-bond donors (Lipinski definition) is 0. The Morgan fingerprint density at radius 1 is 0.900 bits per heavy atom. The van der Waals surface area contributed by atoms with E-state index in [1.54, 1.807) is 0 Å². The van der Waals surface area contributed by atoms with Crippen molar-refractivity contribution in [1.29, 1.82) is 0 Å². The van der Waals surface area contributed by atoms with E-state index >= 15 is 0 Å². The molecule has 2 aliphatic rings. The minimum atomic E-state index is -0.894. The Balaban J connectivity index is 1.98. The molecule has 0 aromatic heterocycles. The molecule has 0 radical (unpaired) electrons. The van der Waals surface area contributed by atoms with Crippen molar-refractivity contribution in [2.75, 3.05) is 46.7 Å². The van der Waals surface area contributed by atoms with E-state index in [9.17, 15) is 9.59 Å². The molecule has 7 heteroatoms. The summed E-state index contributed by atoms with van der Waals surface area (Å²) in [5.74, 6) is -0.763. The minimum absolute atomic E-state index is 0.238. The quantitative estimate of drug-likeness (QED) is 0.435. The van der Waals surface area contributed by atoms with Crippen molar-refractivity contribution >= 4 is 11.8 Å². The van der Waals surface area contributed by atoms with E-state index < -0.39 is 12.2 Å². The van der Waals surface area contributed by atoms with Crippen LogP contribution in [0.1, 0.15) is 0 Å². The van der Waals surface area contributed by atoms with E-state index in [1.165, 1.54) is 7.05 Å². The molecule has 112 valence electrons. The molecule has 0 aromatic rings. The summed E-state index contributed by atoms with van der Waals surface area (Å²) in [6.07, 6.45) is 1.92. The third kappa shape index (κ3) is 3.63. The van der Waals surface area contributed by atoms with Crippen molar-refractivity contribution in [3.63, 3.8) is 0 Å². The second-order valence-electron chi connectivity index (χ2n) is 4.44. The van der Waals surface area contributed by atoms with Gasteiger partial charge in [0.15, 0.2) is 12.2 Å². The topological polar surface area (TPSA) is 74.3 Å². The molecular weight excluding hydrogens is 266 g/mol. The summed E-state index contributed by atoms with van der Waals surface area (Å²) in [5, 5.41) is 0. The summed E-state index contributed by atoms with van der Waals surface area (Å²) < 4.78 is 21.5. The molecule has 2 rings (SSSR count). The summed E-state index contributed by atoms with van der Waals surface area (Å²) >= 11 is 0. The van der Waals surface area contributed by atoms with Gasteiger partial charge >= 0.3 is 0 Å². The van der Waals surface area contributed by atoms with Crippen LogP contribution in [-0.2, 0) is 28.5 Å². The van der Waals surface area contributed by atoms with Crippen molar-refractivity contribution in [2.24, 2.45) is 0 Å². The lowest BCUT2D eigenvalue weighted by molar-refractivity contribution is -0.142. The summed E-state index contributed by atoms with van der Waals surface area (Å²) in [4.78, 5) is 24.9. The van der Waals surface area contributed by atoms with Gasteiger partial charge in [0.05, 0.1) is 39.6 Å². The molecule has 0 bridgehead atoms. The summed E-state index contributed by atoms with van der Waals surface area (Å²) in [6.45, 7) is 2.09. The van der Waals surface area contributed by atoms with Crippen LogP contribution in [-0.4, -0.2) is 75.6 Å². The molecule has 0 aliphatic carbocycles. The number of carbonyl (C=O) groups excluding carboxylic acids is 2. The highest BCUT2D eigenvalue weighted by Crippen LogP contribution is 2.18. The number of likely N-dealkylation sites (tertiary alicyclic amines) is 1. The summed E-state index contributed by atoms with van der Waals surface area (Å²) in [7, 11) is 1.43. The van der Waals surface area contributed by atoms with E-state index in [1.807, 2.05) is 12.2 Å². The molecule has 20 heavy (non-hydrogen) atoms. The zero-order valence-corrected chi connectivity index (χ0v) is 11.4. The average molecular weight is 285 g/mol. The predicted octanol–water partition coefficient (Wildman–Crippen LogP) is -0.642. The maximum atomic E-state index is 11.9. The molecule has 0 aromatic carbocycles. The number of ether oxygens (including phenoxy) is 4. The lowest BCUT2D eigenvalue weighted by Crippen LogP contribution is -2.36. The predicted molar refractivity (Wildman–Crippen MR) is 68.0 cm³/mol. The van der Waals surface area contributed by atoms with E-state index in [2.05, 4.69) is 0 Å². The Labute approximate surface area is 117 Å². The van der Waals surface area contributed by atoms with Crippen LogP contribution in [0.25, 0.3) is 0 Å². The molecule has 2 amide bonds. The molecule has 1 fully saturated rings. The van der Waals surface area contributed by atoms with Gasteiger partial charge in [-0.05, 0) is 0 Å².